The third-order valence-electron chi connectivity index (χ3n) is 4.80. The van der Waals surface area contributed by atoms with Crippen molar-refractivity contribution in [2.24, 2.45) is 0 Å². The topological polar surface area (TPSA) is 15.3 Å². The molecule has 0 unspecified atom stereocenters. The van der Waals surface area contributed by atoms with Crippen LogP contribution in [0.15, 0.2) is 60.7 Å². The average Bonchev–Trinajstić information content (AvgIpc) is 2.59. The molecular weight excluding hydrogens is 268 g/mol. The van der Waals surface area contributed by atoms with Crippen molar-refractivity contribution in [1.82, 2.24) is 10.2 Å². The molecule has 2 heteroatoms. The lowest BCUT2D eigenvalue weighted by atomic mass is 9.80. The highest BCUT2D eigenvalue weighted by atomic mass is 15.2. The fourth-order valence-corrected chi connectivity index (χ4v) is 3.60. The molecule has 116 valence electrons. The standard InChI is InChI=1S/C20H26N2/c1-2-21-20(19-11-7-4-8-12-19)13-15-22(16-14-20)17-18-9-5-3-6-10-18/h3-12,21H,2,13-17H2,1H3. The zero-order valence-corrected chi connectivity index (χ0v) is 13.5. The van der Waals surface area contributed by atoms with E-state index in [1.807, 2.05) is 0 Å². The third kappa shape index (κ3) is 3.40. The second kappa shape index (κ2) is 7.08. The van der Waals surface area contributed by atoms with Crippen LogP contribution in [0.3, 0.4) is 0 Å². The van der Waals surface area contributed by atoms with Gasteiger partial charge in [-0.3, -0.25) is 4.90 Å². The number of rotatable bonds is 5. The zero-order chi connectivity index (χ0) is 15.3. The van der Waals surface area contributed by atoms with Crippen LogP contribution in [0.4, 0.5) is 0 Å². The van der Waals surface area contributed by atoms with Crippen LogP contribution in [0.5, 0.6) is 0 Å². The monoisotopic (exact) mass is 294 g/mol. The van der Waals surface area contributed by atoms with Crippen LogP contribution < -0.4 is 5.32 Å². The molecule has 0 saturated carbocycles. The SMILES string of the molecule is CCNC1(c2ccccc2)CCN(Cc2ccccc2)CC1. The third-order valence-corrected chi connectivity index (χ3v) is 4.80. The minimum absolute atomic E-state index is 0.156. The Balaban J connectivity index is 1.68. The number of likely N-dealkylation sites (tertiary alicyclic amines) is 1. The van der Waals surface area contributed by atoms with Gasteiger partial charge in [0, 0.05) is 25.2 Å². The van der Waals surface area contributed by atoms with Crippen molar-refractivity contribution in [2.45, 2.75) is 31.8 Å². The van der Waals surface area contributed by atoms with Gasteiger partial charge in [-0.15, -0.1) is 0 Å². The molecule has 1 saturated heterocycles. The molecule has 2 aromatic rings. The van der Waals surface area contributed by atoms with Gasteiger partial charge in [-0.25, -0.2) is 0 Å². The maximum Gasteiger partial charge on any atom is 0.0459 e. The molecule has 1 aliphatic rings. The number of nitrogens with one attached hydrogen (secondary N) is 1. The van der Waals surface area contributed by atoms with Crippen molar-refractivity contribution in [3.05, 3.63) is 71.8 Å². The van der Waals surface area contributed by atoms with Gasteiger partial charge >= 0.3 is 0 Å². The zero-order valence-electron chi connectivity index (χ0n) is 13.5. The molecule has 0 bridgehead atoms. The summed E-state index contributed by atoms with van der Waals surface area (Å²) < 4.78 is 0. The Morgan fingerprint density at radius 2 is 1.50 bits per heavy atom. The highest BCUT2D eigenvalue weighted by Crippen LogP contribution is 2.33. The van der Waals surface area contributed by atoms with Crippen LogP contribution in [0.1, 0.15) is 30.9 Å². The second-order valence-electron chi connectivity index (χ2n) is 6.24. The summed E-state index contributed by atoms with van der Waals surface area (Å²) in [5, 5.41) is 3.77. The Labute approximate surface area is 134 Å². The van der Waals surface area contributed by atoms with Gasteiger partial charge in [-0.2, -0.15) is 0 Å². The largest absolute Gasteiger partial charge is 0.308 e. The van der Waals surface area contributed by atoms with Gasteiger partial charge in [0.2, 0.25) is 0 Å². The van der Waals surface area contributed by atoms with Gasteiger partial charge in [0.15, 0.2) is 0 Å². The van der Waals surface area contributed by atoms with E-state index >= 15 is 0 Å². The van der Waals surface area contributed by atoms with Gasteiger partial charge in [0.1, 0.15) is 0 Å². The summed E-state index contributed by atoms with van der Waals surface area (Å²) in [6, 6.07) is 21.8. The Hall–Kier alpha value is -1.64. The number of nitrogens with zero attached hydrogens (tertiary/aromatic N) is 1. The Bertz CT molecular complexity index is 557. The maximum absolute atomic E-state index is 3.77. The van der Waals surface area contributed by atoms with E-state index in [0.29, 0.717) is 0 Å². The van der Waals surface area contributed by atoms with Gasteiger partial charge in [-0.05, 0) is 30.5 Å². The highest BCUT2D eigenvalue weighted by molar-refractivity contribution is 5.25. The van der Waals surface area contributed by atoms with E-state index in [2.05, 4.69) is 77.8 Å². The quantitative estimate of drug-likeness (QED) is 0.902. The molecule has 0 radical (unpaired) electrons. The molecule has 0 atom stereocenters. The van der Waals surface area contributed by atoms with Crippen molar-refractivity contribution >= 4 is 0 Å². The molecule has 2 nitrogen and oxygen atoms in total. The molecule has 2 aromatic carbocycles. The highest BCUT2D eigenvalue weighted by Gasteiger charge is 2.35. The van der Waals surface area contributed by atoms with E-state index in [4.69, 9.17) is 0 Å². The van der Waals surface area contributed by atoms with E-state index in [9.17, 15) is 0 Å². The van der Waals surface area contributed by atoms with E-state index in [1.54, 1.807) is 0 Å². The molecular formula is C20H26N2. The molecule has 1 N–H and O–H groups in total. The van der Waals surface area contributed by atoms with E-state index in [0.717, 1.165) is 26.2 Å². The number of hydrogen-bond acceptors (Lipinski definition) is 2. The lowest BCUT2D eigenvalue weighted by Gasteiger charge is -2.43. The summed E-state index contributed by atoms with van der Waals surface area (Å²) in [6.07, 6.45) is 2.36. The first-order valence-corrected chi connectivity index (χ1v) is 8.39. The summed E-state index contributed by atoms with van der Waals surface area (Å²) in [5.74, 6) is 0. The van der Waals surface area contributed by atoms with Crippen molar-refractivity contribution in [2.75, 3.05) is 19.6 Å². The van der Waals surface area contributed by atoms with Gasteiger partial charge in [0.05, 0.1) is 0 Å². The minimum atomic E-state index is 0.156. The molecule has 0 spiro atoms. The van der Waals surface area contributed by atoms with Crippen molar-refractivity contribution in [3.63, 3.8) is 0 Å². The van der Waals surface area contributed by atoms with Gasteiger partial charge < -0.3 is 5.32 Å². The van der Waals surface area contributed by atoms with Crippen LogP contribution in [0.2, 0.25) is 0 Å². The number of benzene rings is 2. The first kappa shape index (κ1) is 15.3. The van der Waals surface area contributed by atoms with Crippen LogP contribution in [-0.4, -0.2) is 24.5 Å². The van der Waals surface area contributed by atoms with Crippen LogP contribution in [0.25, 0.3) is 0 Å². The molecule has 22 heavy (non-hydrogen) atoms. The lowest BCUT2D eigenvalue weighted by Crippen LogP contribution is -2.50. The first-order valence-electron chi connectivity index (χ1n) is 8.39. The number of hydrogen-bond donors (Lipinski definition) is 1. The van der Waals surface area contributed by atoms with E-state index in [1.165, 1.54) is 24.0 Å². The van der Waals surface area contributed by atoms with E-state index in [-0.39, 0.29) is 5.54 Å². The molecule has 0 aromatic heterocycles. The Kier molecular flexibility index (Phi) is 4.91. The lowest BCUT2D eigenvalue weighted by molar-refractivity contribution is 0.130. The molecule has 0 aliphatic carbocycles. The molecule has 1 aliphatic heterocycles. The summed E-state index contributed by atoms with van der Waals surface area (Å²) >= 11 is 0. The second-order valence-corrected chi connectivity index (χ2v) is 6.24. The molecule has 0 amide bonds. The summed E-state index contributed by atoms with van der Waals surface area (Å²) in [5.41, 5.74) is 3.01. The molecule has 3 rings (SSSR count). The summed E-state index contributed by atoms with van der Waals surface area (Å²) in [6.45, 7) is 6.60. The predicted octanol–water partition coefficient (Wildman–Crippen LogP) is 3.79. The number of piperidine rings is 1. The van der Waals surface area contributed by atoms with Crippen molar-refractivity contribution in [1.29, 1.82) is 0 Å². The summed E-state index contributed by atoms with van der Waals surface area (Å²) in [4.78, 5) is 2.58. The predicted molar refractivity (Wildman–Crippen MR) is 92.7 cm³/mol. The minimum Gasteiger partial charge on any atom is -0.308 e. The fourth-order valence-electron chi connectivity index (χ4n) is 3.60. The Morgan fingerprint density at radius 3 is 2.09 bits per heavy atom. The summed E-state index contributed by atoms with van der Waals surface area (Å²) in [7, 11) is 0. The maximum atomic E-state index is 3.77. The van der Waals surface area contributed by atoms with Crippen LogP contribution >= 0.6 is 0 Å². The van der Waals surface area contributed by atoms with E-state index < -0.39 is 0 Å². The van der Waals surface area contributed by atoms with Crippen molar-refractivity contribution < 1.29 is 0 Å². The van der Waals surface area contributed by atoms with Crippen molar-refractivity contribution in [3.8, 4) is 0 Å². The average molecular weight is 294 g/mol. The molecule has 1 heterocycles. The smallest absolute Gasteiger partial charge is 0.0459 e. The Morgan fingerprint density at radius 1 is 0.909 bits per heavy atom. The van der Waals surface area contributed by atoms with Crippen LogP contribution in [-0.2, 0) is 12.1 Å². The van der Waals surface area contributed by atoms with Gasteiger partial charge in [0.25, 0.3) is 0 Å². The fraction of sp³-hybridized carbons (Fsp3) is 0.400. The van der Waals surface area contributed by atoms with Crippen LogP contribution in [0, 0.1) is 0 Å². The normalized spacial score (nSPS) is 18.2. The molecule has 1 fully saturated rings. The first-order chi connectivity index (χ1) is 10.8. The van der Waals surface area contributed by atoms with Gasteiger partial charge in [-0.1, -0.05) is 67.6 Å².